The number of hydrogen-bond acceptors (Lipinski definition) is 6. The number of nitrogens with two attached hydrogens (primary N) is 1. The van der Waals surface area contributed by atoms with Crippen molar-refractivity contribution in [2.24, 2.45) is 59.0 Å². The molecule has 0 aromatic rings. The molecular weight excluding hydrogens is 654 g/mol. The molecule has 0 spiro atoms. The molecule has 0 heterocycles. The molecule has 12 aliphatic rings. The summed E-state index contributed by atoms with van der Waals surface area (Å²) in [6.45, 7) is 7.05. The van der Waals surface area contributed by atoms with Crippen LogP contribution in [0.15, 0.2) is 0 Å². The molecule has 12 fully saturated rings. The Kier molecular flexibility index (Phi) is 11.1. The van der Waals surface area contributed by atoms with Crippen molar-refractivity contribution >= 4 is 18.0 Å². The van der Waals surface area contributed by atoms with Gasteiger partial charge >= 0.3 is 18.0 Å². The van der Waals surface area contributed by atoms with Crippen LogP contribution in [-0.4, -0.2) is 68.5 Å². The molecule has 0 radical (unpaired) electrons. The number of aliphatic carboxylic acids is 2. The molecule has 0 aromatic carbocycles. The van der Waals surface area contributed by atoms with Crippen LogP contribution in [0, 0.1) is 53.3 Å². The van der Waals surface area contributed by atoms with Crippen LogP contribution in [0.2, 0.25) is 0 Å². The maximum atomic E-state index is 12.9. The standard InChI is InChI=1S/C19H31NO4.C14H23NO2.C10H17N/c1-18(2,3)24-17(23)20(6-4-5-16(21)22)19-10-13-7-14(11-19)9-15(8-13)12-19;16-13(17)2-1-3-15-14-7-10-4-11(8-14)6-12(5-10)9-14;11-10-4-7-1-8(5-10)3-9(2-7)6-10/h13-15H,4-12H2,1-3H3,(H,21,22);10-12,15H,1-9H2,(H,16,17);7-9H,1-6,11H2. The van der Waals surface area contributed by atoms with E-state index in [1.165, 1.54) is 96.3 Å². The zero-order valence-corrected chi connectivity index (χ0v) is 32.7. The van der Waals surface area contributed by atoms with Gasteiger partial charge in [0, 0.05) is 36.0 Å². The Balaban J connectivity index is 0.000000130. The number of hydrogen-bond donors (Lipinski definition) is 4. The molecule has 0 unspecified atom stereocenters. The number of ether oxygens (including phenoxy) is 1. The van der Waals surface area contributed by atoms with Crippen LogP contribution >= 0.6 is 0 Å². The summed E-state index contributed by atoms with van der Waals surface area (Å²) in [5.74, 6) is 6.70. The van der Waals surface area contributed by atoms with Gasteiger partial charge in [-0.3, -0.25) is 9.59 Å². The molecular formula is C43H71N3O6. The van der Waals surface area contributed by atoms with Crippen LogP contribution < -0.4 is 11.1 Å². The van der Waals surface area contributed by atoms with Crippen LogP contribution in [0.3, 0.4) is 0 Å². The van der Waals surface area contributed by atoms with Gasteiger partial charge in [-0.2, -0.15) is 0 Å². The first kappa shape index (κ1) is 38.4. The molecule has 12 bridgehead atoms. The number of nitrogens with zero attached hydrogens (tertiary/aromatic N) is 1. The Morgan fingerprint density at radius 2 is 1.00 bits per heavy atom. The second kappa shape index (κ2) is 15.0. The van der Waals surface area contributed by atoms with E-state index in [2.05, 4.69) is 5.32 Å². The lowest BCUT2D eigenvalue weighted by atomic mass is 9.52. The van der Waals surface area contributed by atoms with Crippen molar-refractivity contribution in [1.82, 2.24) is 10.2 Å². The molecule has 9 heteroatoms. The maximum absolute atomic E-state index is 12.9. The maximum Gasteiger partial charge on any atom is 0.410 e. The fourth-order valence-corrected chi connectivity index (χ4v) is 14.7. The second-order valence-corrected chi connectivity index (χ2v) is 21.2. The average molecular weight is 726 g/mol. The summed E-state index contributed by atoms with van der Waals surface area (Å²) in [5, 5.41) is 21.3. The van der Waals surface area contributed by atoms with Gasteiger partial charge in [0.1, 0.15) is 5.60 Å². The molecule has 0 atom stereocenters. The minimum Gasteiger partial charge on any atom is -0.481 e. The number of carboxylic acids is 2. The highest BCUT2D eigenvalue weighted by Gasteiger charge is 2.55. The van der Waals surface area contributed by atoms with Gasteiger partial charge in [0.15, 0.2) is 0 Å². The van der Waals surface area contributed by atoms with Crippen molar-refractivity contribution in [3.63, 3.8) is 0 Å². The van der Waals surface area contributed by atoms with Crippen LogP contribution in [0.1, 0.15) is 162 Å². The highest BCUT2D eigenvalue weighted by atomic mass is 16.6. The molecule has 52 heavy (non-hydrogen) atoms. The molecule has 1 amide bonds. The summed E-state index contributed by atoms with van der Waals surface area (Å²) in [6.07, 6.45) is 25.6. The Morgan fingerprint density at radius 1 is 0.635 bits per heavy atom. The van der Waals surface area contributed by atoms with E-state index in [-0.39, 0.29) is 18.1 Å². The summed E-state index contributed by atoms with van der Waals surface area (Å²) in [6, 6.07) is 0. The third-order valence-corrected chi connectivity index (χ3v) is 15.2. The van der Waals surface area contributed by atoms with Crippen molar-refractivity contribution in [3.8, 4) is 0 Å². The van der Waals surface area contributed by atoms with Crippen LogP contribution in [0.25, 0.3) is 0 Å². The molecule has 0 saturated heterocycles. The Labute approximate surface area is 313 Å². The second-order valence-electron chi connectivity index (χ2n) is 21.2. The lowest BCUT2D eigenvalue weighted by molar-refractivity contribution is -0.138. The average Bonchev–Trinajstić information content (AvgIpc) is 2.98. The Hall–Kier alpha value is -1.87. The van der Waals surface area contributed by atoms with Crippen LogP contribution in [-0.2, 0) is 14.3 Å². The van der Waals surface area contributed by atoms with E-state index in [1.54, 1.807) is 0 Å². The molecule has 9 nitrogen and oxygen atoms in total. The van der Waals surface area contributed by atoms with E-state index in [4.69, 9.17) is 20.7 Å². The summed E-state index contributed by atoms with van der Waals surface area (Å²) in [7, 11) is 0. The SMILES string of the molecule is CC(C)(C)OC(=O)N(CCCC(=O)O)C12CC3CC(CC(C3)C1)C2.NC12CC3CC(CC(C3)C1)C2.O=C(O)CCCNC12CC3CC(CC(C3)C1)C2. The number of carbonyl (C=O) groups excluding carboxylic acids is 1. The summed E-state index contributed by atoms with van der Waals surface area (Å²) >= 11 is 0. The first-order valence-electron chi connectivity index (χ1n) is 21.5. The summed E-state index contributed by atoms with van der Waals surface area (Å²) in [4.78, 5) is 36.2. The molecule has 0 aromatic heterocycles. The topological polar surface area (TPSA) is 142 Å². The zero-order chi connectivity index (χ0) is 36.9. The fraction of sp³-hybridized carbons (Fsp3) is 0.930. The monoisotopic (exact) mass is 726 g/mol. The van der Waals surface area contributed by atoms with Crippen molar-refractivity contribution in [2.45, 2.75) is 184 Å². The highest BCUT2D eigenvalue weighted by Crippen LogP contribution is 2.59. The van der Waals surface area contributed by atoms with Gasteiger partial charge in [-0.05, 0) is 209 Å². The van der Waals surface area contributed by atoms with Gasteiger partial charge < -0.3 is 30.9 Å². The summed E-state index contributed by atoms with van der Waals surface area (Å²) in [5.41, 5.74) is 6.41. The number of amides is 1. The minimum absolute atomic E-state index is 0.0877. The summed E-state index contributed by atoms with van der Waals surface area (Å²) < 4.78 is 5.69. The first-order chi connectivity index (χ1) is 24.6. The molecule has 12 saturated carbocycles. The van der Waals surface area contributed by atoms with E-state index in [1.807, 2.05) is 25.7 Å². The van der Waals surface area contributed by atoms with Crippen molar-refractivity contribution in [2.75, 3.05) is 13.1 Å². The van der Waals surface area contributed by atoms with E-state index in [0.29, 0.717) is 30.5 Å². The normalized spacial score (nSPS) is 42.6. The predicted molar refractivity (Wildman–Crippen MR) is 202 cm³/mol. The predicted octanol–water partition coefficient (Wildman–Crippen LogP) is 8.38. The van der Waals surface area contributed by atoms with E-state index in [9.17, 15) is 14.4 Å². The van der Waals surface area contributed by atoms with Crippen LogP contribution in [0.4, 0.5) is 4.79 Å². The quantitative estimate of drug-likeness (QED) is 0.165. The molecule has 12 aliphatic carbocycles. The number of carboxylic acid groups (broad SMARTS) is 2. The number of nitrogens with one attached hydrogen (secondary N) is 1. The van der Waals surface area contributed by atoms with Crippen molar-refractivity contribution < 1.29 is 29.3 Å². The Morgan fingerprint density at radius 3 is 1.37 bits per heavy atom. The van der Waals surface area contributed by atoms with Gasteiger partial charge in [-0.15, -0.1) is 0 Å². The lowest BCUT2D eigenvalue weighted by Gasteiger charge is -2.60. The third kappa shape index (κ3) is 9.14. The van der Waals surface area contributed by atoms with Gasteiger partial charge in [0.25, 0.3) is 0 Å². The third-order valence-electron chi connectivity index (χ3n) is 15.2. The van der Waals surface area contributed by atoms with E-state index in [0.717, 1.165) is 85.5 Å². The van der Waals surface area contributed by atoms with Gasteiger partial charge in [-0.1, -0.05) is 0 Å². The van der Waals surface area contributed by atoms with Gasteiger partial charge in [0.2, 0.25) is 0 Å². The highest BCUT2D eigenvalue weighted by molar-refractivity contribution is 5.70. The van der Waals surface area contributed by atoms with Crippen LogP contribution in [0.5, 0.6) is 0 Å². The lowest BCUT2D eigenvalue weighted by Crippen LogP contribution is -2.62. The minimum atomic E-state index is -0.801. The smallest absolute Gasteiger partial charge is 0.410 e. The van der Waals surface area contributed by atoms with Crippen molar-refractivity contribution in [3.05, 3.63) is 0 Å². The largest absolute Gasteiger partial charge is 0.481 e. The molecule has 294 valence electrons. The van der Waals surface area contributed by atoms with E-state index < -0.39 is 17.5 Å². The fourth-order valence-electron chi connectivity index (χ4n) is 14.7. The van der Waals surface area contributed by atoms with Gasteiger partial charge in [-0.25, -0.2) is 4.79 Å². The number of rotatable bonds is 10. The Bertz CT molecular complexity index is 1200. The molecule has 0 aliphatic heterocycles. The van der Waals surface area contributed by atoms with E-state index >= 15 is 0 Å². The molecule has 12 rings (SSSR count). The zero-order valence-electron chi connectivity index (χ0n) is 32.7. The first-order valence-corrected chi connectivity index (χ1v) is 21.5. The van der Waals surface area contributed by atoms with Crippen molar-refractivity contribution in [1.29, 1.82) is 0 Å². The number of carbonyl (C=O) groups is 3. The van der Waals surface area contributed by atoms with Gasteiger partial charge in [0.05, 0.1) is 0 Å². The molecule has 5 N–H and O–H groups in total.